The molecule has 2 atom stereocenters. The molecule has 108 valence electrons. The summed E-state index contributed by atoms with van der Waals surface area (Å²) in [5, 5.41) is 4.75. The van der Waals surface area contributed by atoms with E-state index in [-0.39, 0.29) is 0 Å². The fourth-order valence-corrected chi connectivity index (χ4v) is 4.50. The van der Waals surface area contributed by atoms with Gasteiger partial charge in [0.05, 0.1) is 0 Å². The third-order valence-corrected chi connectivity index (χ3v) is 5.75. The molecule has 0 amide bonds. The largest absolute Gasteiger partial charge is 0.318 e. The highest BCUT2D eigenvalue weighted by molar-refractivity contribution is 7.19. The lowest BCUT2D eigenvalue weighted by molar-refractivity contribution is 0.105. The number of piperidine rings is 1. The highest BCUT2D eigenvalue weighted by atomic mass is 32.1. The normalized spacial score (nSPS) is 22.2. The lowest BCUT2D eigenvalue weighted by atomic mass is 9.99. The van der Waals surface area contributed by atoms with E-state index in [1.54, 1.807) is 0 Å². The first kappa shape index (κ1) is 14.1. The van der Waals surface area contributed by atoms with Gasteiger partial charge in [-0.2, -0.15) is 0 Å². The molecule has 0 bridgehead atoms. The molecule has 20 heavy (non-hydrogen) atoms. The van der Waals surface area contributed by atoms with E-state index in [1.165, 1.54) is 40.8 Å². The maximum atomic E-state index is 3.36. The summed E-state index contributed by atoms with van der Waals surface area (Å²) in [7, 11) is 2.07. The summed E-state index contributed by atoms with van der Waals surface area (Å²) in [6, 6.07) is 12.3. The number of rotatable bonds is 4. The SMILES string of the molecule is CNCC1CCCCN1C(C)c1cc2ccccc2s1. The number of hydrogen-bond donors (Lipinski definition) is 1. The average Bonchev–Trinajstić information content (AvgIpc) is 2.91. The Hall–Kier alpha value is -0.900. The van der Waals surface area contributed by atoms with Crippen molar-refractivity contribution in [2.24, 2.45) is 0 Å². The second kappa shape index (κ2) is 6.25. The summed E-state index contributed by atoms with van der Waals surface area (Å²) in [5.41, 5.74) is 0. The van der Waals surface area contributed by atoms with Crippen LogP contribution in [0.25, 0.3) is 10.1 Å². The fourth-order valence-electron chi connectivity index (χ4n) is 3.36. The van der Waals surface area contributed by atoms with Gasteiger partial charge in [-0.15, -0.1) is 11.3 Å². The van der Waals surface area contributed by atoms with E-state index < -0.39 is 0 Å². The van der Waals surface area contributed by atoms with E-state index in [0.717, 1.165) is 6.54 Å². The van der Waals surface area contributed by atoms with Gasteiger partial charge in [0.15, 0.2) is 0 Å². The van der Waals surface area contributed by atoms with E-state index in [0.29, 0.717) is 12.1 Å². The van der Waals surface area contributed by atoms with Crippen molar-refractivity contribution < 1.29 is 0 Å². The molecule has 0 aliphatic carbocycles. The van der Waals surface area contributed by atoms with Gasteiger partial charge in [-0.1, -0.05) is 24.6 Å². The molecule has 3 heteroatoms. The van der Waals surface area contributed by atoms with Gasteiger partial charge in [-0.3, -0.25) is 4.90 Å². The van der Waals surface area contributed by atoms with E-state index in [9.17, 15) is 0 Å². The monoisotopic (exact) mass is 288 g/mol. The number of benzene rings is 1. The van der Waals surface area contributed by atoms with Crippen molar-refractivity contribution in [1.82, 2.24) is 10.2 Å². The van der Waals surface area contributed by atoms with Crippen LogP contribution in [0.2, 0.25) is 0 Å². The van der Waals surface area contributed by atoms with Crippen LogP contribution >= 0.6 is 11.3 Å². The number of thiophene rings is 1. The Morgan fingerprint density at radius 3 is 3.00 bits per heavy atom. The van der Waals surface area contributed by atoms with Crippen molar-refractivity contribution in [3.63, 3.8) is 0 Å². The smallest absolute Gasteiger partial charge is 0.0417 e. The zero-order valence-corrected chi connectivity index (χ0v) is 13.2. The predicted octanol–water partition coefficient (Wildman–Crippen LogP) is 4.04. The minimum Gasteiger partial charge on any atom is -0.318 e. The molecule has 1 aromatic heterocycles. The molecule has 1 saturated heterocycles. The molecule has 1 N–H and O–H groups in total. The van der Waals surface area contributed by atoms with Gasteiger partial charge >= 0.3 is 0 Å². The Morgan fingerprint density at radius 1 is 1.35 bits per heavy atom. The van der Waals surface area contributed by atoms with Crippen LogP contribution in [0.4, 0.5) is 0 Å². The lowest BCUT2D eigenvalue weighted by Crippen LogP contribution is -2.45. The lowest BCUT2D eigenvalue weighted by Gasteiger charge is -2.39. The number of fused-ring (bicyclic) bond motifs is 1. The van der Waals surface area contributed by atoms with Gasteiger partial charge in [0.1, 0.15) is 0 Å². The first-order valence-electron chi connectivity index (χ1n) is 7.68. The topological polar surface area (TPSA) is 15.3 Å². The van der Waals surface area contributed by atoms with Gasteiger partial charge in [-0.05, 0) is 50.9 Å². The van der Waals surface area contributed by atoms with E-state index >= 15 is 0 Å². The van der Waals surface area contributed by atoms with Gasteiger partial charge in [0.2, 0.25) is 0 Å². The van der Waals surface area contributed by atoms with E-state index in [2.05, 4.69) is 54.5 Å². The Morgan fingerprint density at radius 2 is 2.20 bits per heavy atom. The first-order chi connectivity index (χ1) is 9.79. The van der Waals surface area contributed by atoms with Crippen molar-refractivity contribution in [3.8, 4) is 0 Å². The third kappa shape index (κ3) is 2.76. The Labute approximate surface area is 125 Å². The molecule has 1 aliphatic rings. The zero-order valence-electron chi connectivity index (χ0n) is 12.4. The molecule has 0 radical (unpaired) electrons. The van der Waals surface area contributed by atoms with Crippen LogP contribution in [0.1, 0.15) is 37.1 Å². The molecular weight excluding hydrogens is 264 g/mol. The van der Waals surface area contributed by atoms with Gasteiger partial charge in [0.25, 0.3) is 0 Å². The highest BCUT2D eigenvalue weighted by Gasteiger charge is 2.27. The summed E-state index contributed by atoms with van der Waals surface area (Å²) < 4.78 is 1.41. The van der Waals surface area contributed by atoms with Crippen LogP contribution in [0, 0.1) is 0 Å². The quantitative estimate of drug-likeness (QED) is 0.913. The number of hydrogen-bond acceptors (Lipinski definition) is 3. The van der Waals surface area contributed by atoms with Crippen LogP contribution in [-0.4, -0.2) is 31.1 Å². The summed E-state index contributed by atoms with van der Waals surface area (Å²) >= 11 is 1.96. The van der Waals surface area contributed by atoms with Crippen molar-refractivity contribution in [2.45, 2.75) is 38.3 Å². The highest BCUT2D eigenvalue weighted by Crippen LogP contribution is 2.35. The van der Waals surface area contributed by atoms with Crippen molar-refractivity contribution >= 4 is 21.4 Å². The summed E-state index contributed by atoms with van der Waals surface area (Å²) in [5.74, 6) is 0. The molecule has 2 nitrogen and oxygen atoms in total. The Kier molecular flexibility index (Phi) is 4.39. The number of likely N-dealkylation sites (tertiary alicyclic amines) is 1. The molecular formula is C17H24N2S. The second-order valence-corrected chi connectivity index (χ2v) is 6.92. The summed E-state index contributed by atoms with van der Waals surface area (Å²) in [6.07, 6.45) is 4.05. The Bertz CT molecular complexity index is 528. The minimum absolute atomic E-state index is 0.533. The van der Waals surface area contributed by atoms with Crippen molar-refractivity contribution in [3.05, 3.63) is 35.2 Å². The number of likely N-dealkylation sites (N-methyl/N-ethyl adjacent to an activating group) is 1. The molecule has 1 aliphatic heterocycles. The molecule has 2 heterocycles. The molecule has 1 aromatic carbocycles. The van der Waals surface area contributed by atoms with Crippen molar-refractivity contribution in [2.75, 3.05) is 20.1 Å². The van der Waals surface area contributed by atoms with Crippen LogP contribution in [-0.2, 0) is 0 Å². The number of nitrogens with one attached hydrogen (secondary N) is 1. The molecule has 2 aromatic rings. The predicted molar refractivity (Wildman–Crippen MR) is 88.5 cm³/mol. The summed E-state index contributed by atoms with van der Waals surface area (Å²) in [4.78, 5) is 4.21. The first-order valence-corrected chi connectivity index (χ1v) is 8.50. The summed E-state index contributed by atoms with van der Waals surface area (Å²) in [6.45, 7) is 4.72. The Balaban J connectivity index is 1.84. The molecule has 2 unspecified atom stereocenters. The molecule has 1 fully saturated rings. The van der Waals surface area contributed by atoms with E-state index in [1.807, 2.05) is 11.3 Å². The zero-order chi connectivity index (χ0) is 13.9. The molecule has 3 rings (SSSR count). The van der Waals surface area contributed by atoms with Crippen LogP contribution in [0.3, 0.4) is 0 Å². The second-order valence-electron chi connectivity index (χ2n) is 5.81. The third-order valence-electron chi connectivity index (χ3n) is 4.47. The van der Waals surface area contributed by atoms with Crippen LogP contribution < -0.4 is 5.32 Å². The van der Waals surface area contributed by atoms with E-state index in [4.69, 9.17) is 0 Å². The van der Waals surface area contributed by atoms with Gasteiger partial charge in [0, 0.05) is 28.2 Å². The van der Waals surface area contributed by atoms with Crippen molar-refractivity contribution in [1.29, 1.82) is 0 Å². The maximum absolute atomic E-state index is 3.36. The van der Waals surface area contributed by atoms with Gasteiger partial charge in [-0.25, -0.2) is 0 Å². The van der Waals surface area contributed by atoms with Gasteiger partial charge < -0.3 is 5.32 Å². The van der Waals surface area contributed by atoms with Crippen LogP contribution in [0.5, 0.6) is 0 Å². The fraction of sp³-hybridized carbons (Fsp3) is 0.529. The maximum Gasteiger partial charge on any atom is 0.0417 e. The minimum atomic E-state index is 0.533. The van der Waals surface area contributed by atoms with Crippen LogP contribution in [0.15, 0.2) is 30.3 Å². The molecule has 0 saturated carbocycles. The average molecular weight is 288 g/mol. The standard InChI is InChI=1S/C17H24N2S/c1-13(19-10-6-5-8-15(19)12-18-2)17-11-14-7-3-4-9-16(14)20-17/h3-4,7,9,11,13,15,18H,5-6,8,10,12H2,1-2H3. The molecule has 0 spiro atoms. The number of nitrogens with zero attached hydrogens (tertiary/aromatic N) is 1.